The van der Waals surface area contributed by atoms with Crippen molar-refractivity contribution in [1.82, 2.24) is 4.90 Å². The van der Waals surface area contributed by atoms with Crippen LogP contribution in [-0.2, 0) is 14.3 Å². The summed E-state index contributed by atoms with van der Waals surface area (Å²) in [6.45, 7) is 9.62. The van der Waals surface area contributed by atoms with E-state index in [1.54, 1.807) is 0 Å². The third kappa shape index (κ3) is 42.0. The predicted octanol–water partition coefficient (Wildman–Crippen LogP) is 16.1. The molecule has 0 aliphatic carbocycles. The van der Waals surface area contributed by atoms with E-state index in [9.17, 15) is 4.79 Å². The molecule has 0 aromatic heterocycles. The summed E-state index contributed by atoms with van der Waals surface area (Å²) in [5.74, 6) is 0.253. The van der Waals surface area contributed by atoms with E-state index >= 15 is 0 Å². The quantitative estimate of drug-likeness (QED) is 0.0458. The average Bonchev–Trinajstić information content (AvgIpc) is 3.17. The minimum absolute atomic E-state index is 0.0368. The van der Waals surface area contributed by atoms with Crippen LogP contribution in [0.4, 0.5) is 0 Å². The maximum Gasteiger partial charge on any atom is 0.222 e. The van der Waals surface area contributed by atoms with E-state index < -0.39 is 0 Å². The van der Waals surface area contributed by atoms with Crippen LogP contribution < -0.4 is 0 Å². The topological polar surface area (TPSA) is 38.8 Å². The molecule has 0 saturated carbocycles. The Morgan fingerprint density at radius 2 is 0.778 bits per heavy atom. The molecule has 4 heteroatoms. The Bertz CT molecular complexity index is 780. The monoisotopic (exact) mass is 760 g/mol. The molecular weight excluding hydrogens is 663 g/mol. The van der Waals surface area contributed by atoms with Crippen LogP contribution in [-0.4, -0.2) is 50.3 Å². The zero-order valence-electron chi connectivity index (χ0n) is 37.3. The molecule has 0 heterocycles. The van der Waals surface area contributed by atoms with Gasteiger partial charge >= 0.3 is 0 Å². The Balaban J connectivity index is 4.16. The largest absolute Gasteiger partial charge is 0.379 e. The van der Waals surface area contributed by atoms with Gasteiger partial charge in [0.25, 0.3) is 0 Å². The number of carbonyl (C=O) groups excluding carboxylic acids is 1. The van der Waals surface area contributed by atoms with Gasteiger partial charge in [0.05, 0.1) is 12.7 Å². The Labute approximate surface area is 339 Å². The maximum absolute atomic E-state index is 12.9. The zero-order chi connectivity index (χ0) is 39.3. The summed E-state index contributed by atoms with van der Waals surface area (Å²) in [4.78, 5) is 14.8. The lowest BCUT2D eigenvalue weighted by Crippen LogP contribution is -2.38. The first kappa shape index (κ1) is 52.9. The minimum Gasteiger partial charge on any atom is -0.379 e. The summed E-state index contributed by atoms with van der Waals surface area (Å²) in [5, 5.41) is 0. The molecule has 0 fully saturated rings. The summed E-state index contributed by atoms with van der Waals surface area (Å²) in [5.41, 5.74) is 0. The van der Waals surface area contributed by atoms with Crippen LogP contribution in [0.5, 0.6) is 0 Å². The molecule has 0 bridgehead atoms. The molecule has 54 heavy (non-hydrogen) atoms. The molecule has 320 valence electrons. The van der Waals surface area contributed by atoms with Crippen LogP contribution in [0.2, 0.25) is 0 Å². The van der Waals surface area contributed by atoms with Crippen LogP contribution >= 0.6 is 0 Å². The third-order valence-corrected chi connectivity index (χ3v) is 11.0. The summed E-state index contributed by atoms with van der Waals surface area (Å²) >= 11 is 0. The summed E-state index contributed by atoms with van der Waals surface area (Å²) < 4.78 is 12.5. The second-order valence-electron chi connectivity index (χ2n) is 16.6. The van der Waals surface area contributed by atoms with Crippen molar-refractivity contribution in [2.45, 2.75) is 258 Å². The van der Waals surface area contributed by atoms with E-state index in [1.165, 1.54) is 205 Å². The number of hydrogen-bond donors (Lipinski definition) is 0. The highest BCUT2D eigenvalue weighted by Crippen LogP contribution is 2.14. The number of ether oxygens (including phenoxy) is 2. The highest BCUT2D eigenvalue weighted by molar-refractivity contribution is 5.75. The van der Waals surface area contributed by atoms with Gasteiger partial charge in [-0.1, -0.05) is 199 Å². The molecule has 0 rings (SSSR count). The van der Waals surface area contributed by atoms with Gasteiger partial charge in [-0.05, 0) is 70.6 Å². The predicted molar refractivity (Wildman–Crippen MR) is 240 cm³/mol. The van der Waals surface area contributed by atoms with Gasteiger partial charge in [0.2, 0.25) is 5.91 Å². The van der Waals surface area contributed by atoms with Crippen LogP contribution in [0.1, 0.15) is 252 Å². The van der Waals surface area contributed by atoms with Gasteiger partial charge in [-0.3, -0.25) is 4.79 Å². The molecule has 0 aliphatic rings. The molecule has 1 amide bonds. The number of amides is 1. The van der Waals surface area contributed by atoms with Gasteiger partial charge in [-0.2, -0.15) is 0 Å². The van der Waals surface area contributed by atoms with Gasteiger partial charge in [-0.15, -0.1) is 0 Å². The van der Waals surface area contributed by atoms with Gasteiger partial charge in [0, 0.05) is 33.2 Å². The summed E-state index contributed by atoms with van der Waals surface area (Å²) in [6.07, 6.45) is 55.9. The highest BCUT2D eigenvalue weighted by atomic mass is 16.5. The second kappa shape index (κ2) is 46.3. The van der Waals surface area contributed by atoms with E-state index in [2.05, 4.69) is 45.1 Å². The number of nitrogens with zero attached hydrogens (tertiary/aromatic N) is 1. The first-order valence-corrected chi connectivity index (χ1v) is 24.4. The number of rotatable bonds is 45. The number of likely N-dealkylation sites (N-methyl/N-ethyl adjacent to an activating group) is 1. The van der Waals surface area contributed by atoms with E-state index in [0.717, 1.165) is 32.5 Å². The van der Waals surface area contributed by atoms with Crippen molar-refractivity contribution in [1.29, 1.82) is 0 Å². The van der Waals surface area contributed by atoms with Crippen LogP contribution in [0, 0.1) is 0 Å². The van der Waals surface area contributed by atoms with E-state index in [-0.39, 0.29) is 12.0 Å². The van der Waals surface area contributed by atoms with Crippen LogP contribution in [0.25, 0.3) is 0 Å². The van der Waals surface area contributed by atoms with Crippen LogP contribution in [0.15, 0.2) is 24.3 Å². The maximum atomic E-state index is 12.9. The smallest absolute Gasteiger partial charge is 0.222 e. The Hall–Kier alpha value is -1.13. The normalized spacial score (nSPS) is 12.4. The SMILES string of the molecule is CCCCCCCC/C=C\CCCCCCCCOCC(CN(C)C(=O)CCCCCCCCC)OCCCCCCCC/C=C\CCCCCCCC. The van der Waals surface area contributed by atoms with Crippen molar-refractivity contribution in [3.63, 3.8) is 0 Å². The fourth-order valence-corrected chi connectivity index (χ4v) is 7.25. The molecule has 0 aromatic rings. The molecule has 0 aromatic carbocycles. The molecule has 1 atom stereocenters. The van der Waals surface area contributed by atoms with Gasteiger partial charge < -0.3 is 14.4 Å². The van der Waals surface area contributed by atoms with Crippen molar-refractivity contribution >= 4 is 5.91 Å². The fraction of sp³-hybridized carbons (Fsp3) is 0.900. The molecule has 0 radical (unpaired) electrons. The highest BCUT2D eigenvalue weighted by Gasteiger charge is 2.17. The molecule has 4 nitrogen and oxygen atoms in total. The summed E-state index contributed by atoms with van der Waals surface area (Å²) in [6, 6.07) is 0. The fourth-order valence-electron chi connectivity index (χ4n) is 7.25. The number of hydrogen-bond acceptors (Lipinski definition) is 3. The number of allylic oxidation sites excluding steroid dienone is 4. The zero-order valence-corrected chi connectivity index (χ0v) is 37.3. The molecule has 0 aliphatic heterocycles. The number of carbonyl (C=O) groups is 1. The van der Waals surface area contributed by atoms with Gasteiger partial charge in [0.1, 0.15) is 0 Å². The molecule has 1 unspecified atom stereocenters. The summed E-state index contributed by atoms with van der Waals surface area (Å²) in [7, 11) is 1.95. The lowest BCUT2D eigenvalue weighted by molar-refractivity contribution is -0.132. The first-order chi connectivity index (χ1) is 26.7. The van der Waals surface area contributed by atoms with Crippen molar-refractivity contribution in [3.8, 4) is 0 Å². The van der Waals surface area contributed by atoms with Crippen molar-refractivity contribution in [2.24, 2.45) is 0 Å². The Morgan fingerprint density at radius 3 is 1.19 bits per heavy atom. The first-order valence-electron chi connectivity index (χ1n) is 24.4. The van der Waals surface area contributed by atoms with E-state index in [4.69, 9.17) is 9.47 Å². The lowest BCUT2D eigenvalue weighted by atomic mass is 10.1. The number of unbranched alkanes of at least 4 members (excludes halogenated alkanes) is 30. The second-order valence-corrected chi connectivity index (χ2v) is 16.6. The minimum atomic E-state index is -0.0368. The molecule has 0 spiro atoms. The van der Waals surface area contributed by atoms with Crippen molar-refractivity contribution in [3.05, 3.63) is 24.3 Å². The molecular formula is C50H97NO3. The average molecular weight is 760 g/mol. The Morgan fingerprint density at radius 1 is 0.444 bits per heavy atom. The standard InChI is InChI=1S/C50H97NO3/c1-5-8-11-14-17-19-21-23-25-27-29-31-33-36-39-42-45-53-48-49(47-51(4)50(52)44-41-38-35-16-13-10-7-3)54-46-43-40-37-34-32-30-28-26-24-22-20-18-15-12-9-6-2/h23-26,49H,5-22,27-48H2,1-4H3/b25-23-,26-24-. The Kier molecular flexibility index (Phi) is 45.3. The molecule has 0 N–H and O–H groups in total. The molecule has 0 saturated heterocycles. The van der Waals surface area contributed by atoms with Crippen molar-refractivity contribution in [2.75, 3.05) is 33.4 Å². The van der Waals surface area contributed by atoms with Gasteiger partial charge in [0.15, 0.2) is 0 Å². The third-order valence-electron chi connectivity index (χ3n) is 11.0. The van der Waals surface area contributed by atoms with Crippen LogP contribution in [0.3, 0.4) is 0 Å². The van der Waals surface area contributed by atoms with Crippen molar-refractivity contribution < 1.29 is 14.3 Å². The van der Waals surface area contributed by atoms with Gasteiger partial charge in [-0.25, -0.2) is 0 Å². The lowest BCUT2D eigenvalue weighted by Gasteiger charge is -2.25. The van der Waals surface area contributed by atoms with E-state index in [1.807, 2.05) is 11.9 Å². The van der Waals surface area contributed by atoms with E-state index in [0.29, 0.717) is 19.6 Å².